The van der Waals surface area contributed by atoms with Gasteiger partial charge in [0.15, 0.2) is 0 Å². The zero-order chi connectivity index (χ0) is 21.0. The molecule has 0 amide bonds. The molecule has 0 fully saturated rings. The molecule has 0 saturated heterocycles. The van der Waals surface area contributed by atoms with Crippen molar-refractivity contribution in [3.63, 3.8) is 0 Å². The van der Waals surface area contributed by atoms with E-state index in [-0.39, 0.29) is 0 Å². The molecule has 12 nitrogen and oxygen atoms in total. The number of allylic oxidation sites excluding steroid dienone is 1. The smallest absolute Gasteiger partial charge is 0.402 e. The Labute approximate surface area is 166 Å². The molecule has 0 aliphatic rings. The topological polar surface area (TPSA) is 243 Å². The van der Waals surface area contributed by atoms with Crippen molar-refractivity contribution in [2.24, 2.45) is 0 Å². The Balaban J connectivity index is -0.000000119. The van der Waals surface area contributed by atoms with Crippen LogP contribution < -0.4 is 2.13 Å². The SMILES string of the molecule is C=CCc1cs[c]([Na])c1.OB(O)O.OB(O)O.OB(O)O.OB(O)O. The Bertz CT molecular complexity index is 347. The molecule has 0 aliphatic heterocycles. The summed E-state index contributed by atoms with van der Waals surface area (Å²) in [4.78, 5) is 0. The van der Waals surface area contributed by atoms with Crippen LogP contribution in [-0.2, 0) is 6.42 Å². The van der Waals surface area contributed by atoms with Crippen molar-refractivity contribution < 1.29 is 60.3 Å². The standard InChI is InChI=1S/C7H7S.4BH3O3.Na/c1-2-3-7-4-5-8-6-7;4*2-1(3)4;/h2,4,6H,1,3H2;4*2-4H;. The van der Waals surface area contributed by atoms with Crippen LogP contribution in [0.2, 0.25) is 0 Å². The van der Waals surface area contributed by atoms with Gasteiger partial charge in [0.1, 0.15) is 0 Å². The molecule has 0 aliphatic carbocycles. The van der Waals surface area contributed by atoms with E-state index in [1.54, 1.807) is 0 Å². The third kappa shape index (κ3) is 80.1. The van der Waals surface area contributed by atoms with Gasteiger partial charge in [0.2, 0.25) is 0 Å². The zero-order valence-corrected chi connectivity index (χ0v) is 16.0. The second kappa shape index (κ2) is 24.2. The number of thiophene rings is 1. The van der Waals surface area contributed by atoms with Crippen LogP contribution in [0.15, 0.2) is 24.1 Å². The second-order valence-corrected chi connectivity index (χ2v) is 6.36. The summed E-state index contributed by atoms with van der Waals surface area (Å²) >= 11 is 3.04. The third-order valence-corrected chi connectivity index (χ3v) is 3.07. The quantitative estimate of drug-likeness (QED) is 0.166. The van der Waals surface area contributed by atoms with Crippen molar-refractivity contribution >= 4 is 70.7 Å². The molecule has 1 heterocycles. The summed E-state index contributed by atoms with van der Waals surface area (Å²) in [7, 11) is -8.67. The maximum atomic E-state index is 7.17. The van der Waals surface area contributed by atoms with Crippen molar-refractivity contribution in [3.8, 4) is 0 Å². The molecular weight excluding hydrogens is 374 g/mol. The Morgan fingerprint density at radius 2 is 1.08 bits per heavy atom. The molecule has 0 spiro atoms. The maximum absolute atomic E-state index is 7.17. The van der Waals surface area contributed by atoms with Gasteiger partial charge in [-0.05, 0) is 0 Å². The van der Waals surface area contributed by atoms with Gasteiger partial charge in [-0.3, -0.25) is 0 Å². The van der Waals surface area contributed by atoms with Gasteiger partial charge in [-0.2, -0.15) is 0 Å². The van der Waals surface area contributed by atoms with Crippen LogP contribution in [0.3, 0.4) is 0 Å². The van der Waals surface area contributed by atoms with E-state index in [1.165, 1.54) is 35.6 Å². The summed E-state index contributed by atoms with van der Waals surface area (Å²) in [6.45, 7) is 3.68. The summed E-state index contributed by atoms with van der Waals surface area (Å²) in [5.74, 6) is 0. The van der Waals surface area contributed by atoms with Crippen molar-refractivity contribution in [1.29, 1.82) is 0 Å². The van der Waals surface area contributed by atoms with E-state index < -0.39 is 29.3 Å². The van der Waals surface area contributed by atoms with E-state index >= 15 is 0 Å². The summed E-state index contributed by atoms with van der Waals surface area (Å²) in [6, 6.07) is 2.26. The third-order valence-electron chi connectivity index (χ3n) is 1.16. The van der Waals surface area contributed by atoms with Gasteiger partial charge in [0.05, 0.1) is 0 Å². The Kier molecular flexibility index (Phi) is 31.8. The van der Waals surface area contributed by atoms with E-state index in [1.807, 2.05) is 17.4 Å². The zero-order valence-electron chi connectivity index (χ0n) is 13.2. The van der Waals surface area contributed by atoms with E-state index in [0.29, 0.717) is 0 Å². The first-order valence-corrected chi connectivity index (χ1v) is 7.95. The first kappa shape index (κ1) is 32.9. The summed E-state index contributed by atoms with van der Waals surface area (Å²) in [5.41, 5.74) is 1.42. The van der Waals surface area contributed by atoms with Crippen LogP contribution in [0.1, 0.15) is 5.56 Å². The normalized spacial score (nSPS) is 7.76. The van der Waals surface area contributed by atoms with Crippen LogP contribution in [0.25, 0.3) is 0 Å². The van der Waals surface area contributed by atoms with Gasteiger partial charge in [0.25, 0.3) is 0 Å². The fourth-order valence-corrected chi connectivity index (χ4v) is 2.22. The minimum atomic E-state index is -2.17. The van der Waals surface area contributed by atoms with Crippen molar-refractivity contribution in [2.45, 2.75) is 6.42 Å². The fraction of sp³-hybridized carbons (Fsp3) is 0.143. The molecule has 12 N–H and O–H groups in total. The molecule has 0 aromatic carbocycles. The van der Waals surface area contributed by atoms with Gasteiger partial charge >= 0.3 is 107 Å². The van der Waals surface area contributed by atoms with Crippen LogP contribution in [-0.4, -0.2) is 118 Å². The van der Waals surface area contributed by atoms with Gasteiger partial charge in [-0.15, -0.1) is 0 Å². The number of hydrogen-bond acceptors (Lipinski definition) is 13. The minimum Gasteiger partial charge on any atom is -0.402 e. The van der Waals surface area contributed by atoms with Gasteiger partial charge < -0.3 is 60.3 Å². The van der Waals surface area contributed by atoms with Crippen LogP contribution in [0.4, 0.5) is 0 Å². The van der Waals surface area contributed by atoms with Gasteiger partial charge in [-0.1, -0.05) is 0 Å². The van der Waals surface area contributed by atoms with Gasteiger partial charge in [-0.25, -0.2) is 0 Å². The monoisotopic (exact) mass is 394 g/mol. The molecule has 25 heavy (non-hydrogen) atoms. The summed E-state index contributed by atoms with van der Waals surface area (Å²) < 4.78 is 1.52. The fourth-order valence-electron chi connectivity index (χ4n) is 0.771. The minimum absolute atomic E-state index is 1.03. The first-order valence-electron chi connectivity index (χ1n) is 6.07. The van der Waals surface area contributed by atoms with Crippen LogP contribution >= 0.6 is 11.3 Å². The Morgan fingerprint density at radius 3 is 1.24 bits per heavy atom. The predicted octanol–water partition coefficient (Wildman–Crippen LogP) is -6.94. The molecular formula is C7H19B4NaO12S. The van der Waals surface area contributed by atoms with E-state index in [4.69, 9.17) is 60.3 Å². The average Bonchev–Trinajstić information content (AvgIpc) is 2.72. The Morgan fingerprint density at radius 1 is 0.800 bits per heavy atom. The number of rotatable bonds is 2. The van der Waals surface area contributed by atoms with Crippen molar-refractivity contribution in [1.82, 2.24) is 0 Å². The maximum Gasteiger partial charge on any atom is 0.631 e. The molecule has 1 rings (SSSR count). The van der Waals surface area contributed by atoms with Gasteiger partial charge in [0, 0.05) is 0 Å². The van der Waals surface area contributed by atoms with Crippen LogP contribution in [0, 0.1) is 0 Å². The summed E-state index contributed by atoms with van der Waals surface area (Å²) in [6.07, 6.45) is 2.97. The Hall–Kier alpha value is 0.220. The average molecular weight is 394 g/mol. The molecule has 0 atom stereocenters. The van der Waals surface area contributed by atoms with E-state index in [0.717, 1.165) is 6.42 Å². The molecule has 0 unspecified atom stereocenters. The van der Waals surface area contributed by atoms with Crippen molar-refractivity contribution in [3.05, 3.63) is 29.7 Å². The molecule has 0 bridgehead atoms. The molecule has 0 saturated carbocycles. The molecule has 1 aromatic rings. The molecule has 0 radical (unpaired) electrons. The molecule has 1 aromatic heterocycles. The molecule has 138 valence electrons. The number of hydrogen-bond donors (Lipinski definition) is 12. The largest absolute Gasteiger partial charge is 0.631 e. The first-order chi connectivity index (χ1) is 11.3. The van der Waals surface area contributed by atoms with E-state index in [2.05, 4.69) is 18.0 Å². The van der Waals surface area contributed by atoms with Crippen LogP contribution in [0.5, 0.6) is 0 Å². The molecule has 18 heteroatoms. The summed E-state index contributed by atoms with van der Waals surface area (Å²) in [5, 5.41) is 88.2. The van der Waals surface area contributed by atoms with E-state index in [9.17, 15) is 0 Å². The second-order valence-electron chi connectivity index (χ2n) is 3.44. The van der Waals surface area contributed by atoms with Crippen molar-refractivity contribution in [2.75, 3.05) is 0 Å². The predicted molar refractivity (Wildman–Crippen MR) is 93.2 cm³/mol.